The van der Waals surface area contributed by atoms with Crippen molar-refractivity contribution < 1.29 is 31.1 Å². The van der Waals surface area contributed by atoms with Gasteiger partial charge in [-0.3, -0.25) is 4.90 Å². The number of piperazine rings is 1. The highest BCUT2D eigenvalue weighted by Gasteiger charge is 2.47. The fourth-order valence-electron chi connectivity index (χ4n) is 2.47. The number of hydrogen-bond donors (Lipinski definition) is 1. The minimum atomic E-state index is -5.07. The number of ether oxygens (including phenoxy) is 1. The van der Waals surface area contributed by atoms with E-state index in [1.54, 1.807) is 0 Å². The van der Waals surface area contributed by atoms with E-state index in [1.807, 2.05) is 0 Å². The van der Waals surface area contributed by atoms with Crippen molar-refractivity contribution in [2.75, 3.05) is 26.2 Å². The summed E-state index contributed by atoms with van der Waals surface area (Å²) >= 11 is 3.00. The molecule has 0 unspecified atom stereocenters. The number of rotatable bonds is 3. The predicted octanol–water partition coefficient (Wildman–Crippen LogP) is 3.86. The zero-order chi connectivity index (χ0) is 17.3. The third-order valence-corrected chi connectivity index (χ3v) is 3.81. The Labute approximate surface area is 136 Å². The molecule has 1 aliphatic heterocycles. The van der Waals surface area contributed by atoms with Gasteiger partial charge in [0.05, 0.1) is 0 Å². The van der Waals surface area contributed by atoms with Crippen LogP contribution in [-0.4, -0.2) is 43.6 Å². The molecule has 10 heteroatoms. The molecule has 0 spiro atoms. The van der Waals surface area contributed by atoms with Gasteiger partial charge in [0.1, 0.15) is 11.8 Å². The lowest BCUT2D eigenvalue weighted by Crippen LogP contribution is -2.49. The van der Waals surface area contributed by atoms with E-state index in [4.69, 9.17) is 0 Å². The second kappa shape index (κ2) is 6.86. The molecule has 1 fully saturated rings. The van der Waals surface area contributed by atoms with Crippen LogP contribution in [0.4, 0.5) is 26.3 Å². The van der Waals surface area contributed by atoms with Gasteiger partial charge in [-0.05, 0) is 18.2 Å². The Bertz CT molecular complexity index is 542. The van der Waals surface area contributed by atoms with Gasteiger partial charge >= 0.3 is 12.5 Å². The van der Waals surface area contributed by atoms with Crippen molar-refractivity contribution in [3.05, 3.63) is 28.2 Å². The molecule has 1 heterocycles. The molecule has 1 N–H and O–H groups in total. The number of nitrogens with one attached hydrogen (secondary N) is 1. The van der Waals surface area contributed by atoms with Crippen LogP contribution in [0, 0.1) is 0 Å². The van der Waals surface area contributed by atoms with Gasteiger partial charge in [-0.15, -0.1) is 13.2 Å². The van der Waals surface area contributed by atoms with E-state index in [9.17, 15) is 26.3 Å². The van der Waals surface area contributed by atoms with Crippen molar-refractivity contribution in [1.29, 1.82) is 0 Å². The van der Waals surface area contributed by atoms with Crippen LogP contribution in [0.15, 0.2) is 22.7 Å². The summed E-state index contributed by atoms with van der Waals surface area (Å²) in [6, 6.07) is 0.935. The number of halogens is 7. The summed E-state index contributed by atoms with van der Waals surface area (Å²) in [5.41, 5.74) is -0.564. The molecule has 0 saturated carbocycles. The minimum Gasteiger partial charge on any atom is -0.405 e. The fraction of sp³-hybridized carbons (Fsp3) is 0.538. The van der Waals surface area contributed by atoms with Gasteiger partial charge in [0.15, 0.2) is 0 Å². The first-order valence-electron chi connectivity index (χ1n) is 6.64. The average Bonchev–Trinajstić information content (AvgIpc) is 2.40. The molecule has 0 aliphatic carbocycles. The Kier molecular flexibility index (Phi) is 5.47. The fourth-order valence-corrected chi connectivity index (χ4v) is 2.85. The highest BCUT2D eigenvalue weighted by molar-refractivity contribution is 9.10. The summed E-state index contributed by atoms with van der Waals surface area (Å²) in [6.45, 7) is 0.802. The van der Waals surface area contributed by atoms with Crippen LogP contribution in [0.1, 0.15) is 11.6 Å². The lowest BCUT2D eigenvalue weighted by Gasteiger charge is -2.36. The molecule has 2 rings (SSSR count). The molecular formula is C13H13BrF6N2O. The molecule has 0 bridgehead atoms. The van der Waals surface area contributed by atoms with Crippen LogP contribution in [0.2, 0.25) is 0 Å². The number of alkyl halides is 6. The van der Waals surface area contributed by atoms with Gasteiger partial charge in [0, 0.05) is 36.2 Å². The van der Waals surface area contributed by atoms with Crippen LogP contribution in [0.25, 0.3) is 0 Å². The van der Waals surface area contributed by atoms with E-state index in [0.29, 0.717) is 13.1 Å². The van der Waals surface area contributed by atoms with Crippen molar-refractivity contribution >= 4 is 15.9 Å². The summed E-state index contributed by atoms with van der Waals surface area (Å²) in [7, 11) is 0. The van der Waals surface area contributed by atoms with Gasteiger partial charge in [-0.2, -0.15) is 13.2 Å². The van der Waals surface area contributed by atoms with Gasteiger partial charge in [-0.1, -0.05) is 15.9 Å². The standard InChI is InChI=1S/C13H13BrF6N2O/c14-8-1-2-10(23-13(18,19)20)9(7-8)11(12(15,16)17)22-5-3-21-4-6-22/h1-2,7,11,21H,3-6H2/t11-/m1/s1. The molecule has 1 atom stereocenters. The second-order valence-corrected chi connectivity index (χ2v) is 5.88. The summed E-state index contributed by atoms with van der Waals surface area (Å²) < 4.78 is 82.1. The Balaban J connectivity index is 2.46. The monoisotopic (exact) mass is 406 g/mol. The van der Waals surface area contributed by atoms with E-state index in [1.165, 1.54) is 6.07 Å². The lowest BCUT2D eigenvalue weighted by atomic mass is 10.0. The van der Waals surface area contributed by atoms with Gasteiger partial charge in [0.2, 0.25) is 0 Å². The Morgan fingerprint density at radius 1 is 1.09 bits per heavy atom. The van der Waals surface area contributed by atoms with Gasteiger partial charge in [0.25, 0.3) is 0 Å². The van der Waals surface area contributed by atoms with Crippen LogP contribution in [0.5, 0.6) is 5.75 Å². The van der Waals surface area contributed by atoms with Crippen LogP contribution >= 0.6 is 15.9 Å². The van der Waals surface area contributed by atoms with Gasteiger partial charge < -0.3 is 10.1 Å². The normalized spacial score (nSPS) is 18.7. The molecule has 0 amide bonds. The summed E-state index contributed by atoms with van der Waals surface area (Å²) in [5.74, 6) is -0.846. The van der Waals surface area contributed by atoms with Crippen LogP contribution in [0.3, 0.4) is 0 Å². The first-order chi connectivity index (χ1) is 10.6. The third-order valence-electron chi connectivity index (χ3n) is 3.32. The molecule has 130 valence electrons. The molecule has 3 nitrogen and oxygen atoms in total. The van der Waals surface area contributed by atoms with E-state index < -0.39 is 29.9 Å². The van der Waals surface area contributed by atoms with Crippen molar-refractivity contribution in [3.63, 3.8) is 0 Å². The van der Waals surface area contributed by atoms with Crippen molar-refractivity contribution in [2.24, 2.45) is 0 Å². The number of hydrogen-bond acceptors (Lipinski definition) is 3. The molecule has 1 saturated heterocycles. The smallest absolute Gasteiger partial charge is 0.405 e. The van der Waals surface area contributed by atoms with Crippen LogP contribution < -0.4 is 10.1 Å². The maximum absolute atomic E-state index is 13.5. The highest BCUT2D eigenvalue weighted by atomic mass is 79.9. The maximum Gasteiger partial charge on any atom is 0.573 e. The quantitative estimate of drug-likeness (QED) is 0.771. The van der Waals surface area contributed by atoms with Gasteiger partial charge in [-0.25, -0.2) is 0 Å². The topological polar surface area (TPSA) is 24.5 Å². The highest BCUT2D eigenvalue weighted by Crippen LogP contribution is 2.43. The third kappa shape index (κ3) is 4.98. The second-order valence-electron chi connectivity index (χ2n) is 4.96. The molecular weight excluding hydrogens is 394 g/mol. The SMILES string of the molecule is FC(F)(F)Oc1ccc(Br)cc1[C@@H](N1CCNCC1)C(F)(F)F. The van der Waals surface area contributed by atoms with E-state index in [0.717, 1.165) is 17.0 Å². The van der Waals surface area contributed by atoms with E-state index >= 15 is 0 Å². The van der Waals surface area contributed by atoms with Crippen molar-refractivity contribution in [3.8, 4) is 5.75 Å². The summed E-state index contributed by atoms with van der Waals surface area (Å²) in [4.78, 5) is 1.10. The number of nitrogens with zero attached hydrogens (tertiary/aromatic N) is 1. The zero-order valence-electron chi connectivity index (χ0n) is 11.6. The zero-order valence-corrected chi connectivity index (χ0v) is 13.2. The largest absolute Gasteiger partial charge is 0.573 e. The minimum absolute atomic E-state index is 0.0716. The maximum atomic E-state index is 13.5. The molecule has 1 aromatic rings. The average molecular weight is 407 g/mol. The first kappa shape index (κ1) is 18.3. The lowest BCUT2D eigenvalue weighted by molar-refractivity contribution is -0.275. The molecule has 0 radical (unpaired) electrons. The number of benzene rings is 1. The van der Waals surface area contributed by atoms with E-state index in [2.05, 4.69) is 26.0 Å². The Morgan fingerprint density at radius 3 is 2.22 bits per heavy atom. The molecule has 1 aromatic carbocycles. The molecule has 0 aromatic heterocycles. The molecule has 1 aliphatic rings. The van der Waals surface area contributed by atoms with E-state index in [-0.39, 0.29) is 17.6 Å². The van der Waals surface area contributed by atoms with Crippen molar-refractivity contribution in [1.82, 2.24) is 10.2 Å². The van der Waals surface area contributed by atoms with Crippen LogP contribution in [-0.2, 0) is 0 Å². The van der Waals surface area contributed by atoms with Crippen molar-refractivity contribution in [2.45, 2.75) is 18.6 Å². The predicted molar refractivity (Wildman–Crippen MR) is 74.1 cm³/mol. The molecule has 23 heavy (non-hydrogen) atoms. The Morgan fingerprint density at radius 2 is 1.70 bits per heavy atom. The summed E-state index contributed by atoms with van der Waals surface area (Å²) in [6.07, 6.45) is -9.80. The summed E-state index contributed by atoms with van der Waals surface area (Å²) in [5, 5.41) is 2.91. The first-order valence-corrected chi connectivity index (χ1v) is 7.44. The Hall–Kier alpha value is -1.00.